The largest absolute Gasteiger partial charge is 0.478 e. The van der Waals surface area contributed by atoms with Crippen LogP contribution in [-0.4, -0.2) is 44.4 Å². The maximum atomic E-state index is 12.3. The number of aromatic carboxylic acids is 1. The molecule has 2 atom stereocenters. The lowest BCUT2D eigenvalue weighted by Gasteiger charge is -2.26. The topological polar surface area (TPSA) is 110 Å². The Kier molecular flexibility index (Phi) is 5.06. The Hall–Kier alpha value is -1.93. The number of rotatable bonds is 4. The van der Waals surface area contributed by atoms with E-state index in [4.69, 9.17) is 9.84 Å². The first-order valence-electron chi connectivity index (χ1n) is 7.17. The van der Waals surface area contributed by atoms with Crippen molar-refractivity contribution in [3.63, 3.8) is 0 Å². The van der Waals surface area contributed by atoms with E-state index < -0.39 is 15.8 Å². The third kappa shape index (κ3) is 4.52. The standard InChI is InChI=1S/C15H19NO6S/c1-9-5-10(3-4-22-9)14(17)16-12-6-11(15(18)19)7-13(8-12)23(2,20)21/h6-10H,3-5H2,1-2H3,(H,16,17)(H,18,19). The van der Waals surface area contributed by atoms with Crippen molar-refractivity contribution in [2.45, 2.75) is 30.8 Å². The van der Waals surface area contributed by atoms with Crippen molar-refractivity contribution in [2.75, 3.05) is 18.2 Å². The monoisotopic (exact) mass is 341 g/mol. The van der Waals surface area contributed by atoms with Gasteiger partial charge >= 0.3 is 5.97 Å². The van der Waals surface area contributed by atoms with Gasteiger partial charge in [-0.25, -0.2) is 13.2 Å². The maximum Gasteiger partial charge on any atom is 0.335 e. The fourth-order valence-corrected chi connectivity index (χ4v) is 3.17. The van der Waals surface area contributed by atoms with Gasteiger partial charge in [0.15, 0.2) is 9.84 Å². The number of carboxylic acid groups (broad SMARTS) is 1. The summed E-state index contributed by atoms with van der Waals surface area (Å²) in [5, 5.41) is 11.7. The molecule has 0 aliphatic carbocycles. The third-order valence-corrected chi connectivity index (χ3v) is 4.80. The van der Waals surface area contributed by atoms with Crippen molar-refractivity contribution < 1.29 is 27.9 Å². The van der Waals surface area contributed by atoms with Crippen molar-refractivity contribution in [3.05, 3.63) is 23.8 Å². The molecule has 0 aromatic heterocycles. The van der Waals surface area contributed by atoms with Crippen molar-refractivity contribution in [2.24, 2.45) is 5.92 Å². The number of hydrogen-bond acceptors (Lipinski definition) is 5. The van der Waals surface area contributed by atoms with Gasteiger partial charge in [-0.2, -0.15) is 0 Å². The van der Waals surface area contributed by atoms with Gasteiger partial charge in [-0.15, -0.1) is 0 Å². The van der Waals surface area contributed by atoms with Crippen molar-refractivity contribution in [3.8, 4) is 0 Å². The van der Waals surface area contributed by atoms with Crippen LogP contribution in [0.4, 0.5) is 5.69 Å². The number of anilines is 1. The van der Waals surface area contributed by atoms with Crippen LogP contribution < -0.4 is 5.32 Å². The fraction of sp³-hybridized carbons (Fsp3) is 0.467. The van der Waals surface area contributed by atoms with Crippen LogP contribution in [-0.2, 0) is 19.4 Å². The first-order chi connectivity index (χ1) is 10.7. The van der Waals surface area contributed by atoms with Crippen molar-refractivity contribution in [1.82, 2.24) is 0 Å². The number of amides is 1. The fourth-order valence-electron chi connectivity index (χ4n) is 2.49. The van der Waals surface area contributed by atoms with E-state index in [9.17, 15) is 18.0 Å². The first kappa shape index (κ1) is 17.4. The summed E-state index contributed by atoms with van der Waals surface area (Å²) in [4.78, 5) is 23.3. The van der Waals surface area contributed by atoms with E-state index in [1.165, 1.54) is 12.1 Å². The van der Waals surface area contributed by atoms with E-state index in [-0.39, 0.29) is 34.1 Å². The molecule has 23 heavy (non-hydrogen) atoms. The highest BCUT2D eigenvalue weighted by atomic mass is 32.2. The van der Waals surface area contributed by atoms with Crippen molar-refractivity contribution in [1.29, 1.82) is 0 Å². The summed E-state index contributed by atoms with van der Waals surface area (Å²) >= 11 is 0. The number of hydrogen-bond donors (Lipinski definition) is 2. The van der Waals surface area contributed by atoms with Gasteiger partial charge in [0.25, 0.3) is 0 Å². The maximum absolute atomic E-state index is 12.3. The van der Waals surface area contributed by atoms with Gasteiger partial charge < -0.3 is 15.2 Å². The summed E-state index contributed by atoms with van der Waals surface area (Å²) in [6.45, 7) is 2.37. The Bertz CT molecular complexity index is 727. The van der Waals surface area contributed by atoms with Gasteiger partial charge in [0.2, 0.25) is 5.91 Å². The number of sulfone groups is 1. The second-order valence-electron chi connectivity index (χ2n) is 5.72. The molecule has 1 aromatic rings. The normalized spacial score (nSPS) is 21.7. The van der Waals surface area contributed by atoms with Crippen LogP contribution >= 0.6 is 0 Å². The molecule has 1 aliphatic rings. The zero-order valence-electron chi connectivity index (χ0n) is 12.9. The molecule has 0 saturated carbocycles. The SMILES string of the molecule is CC1CC(C(=O)Nc2cc(C(=O)O)cc(S(C)(=O)=O)c2)CCO1. The van der Waals surface area contributed by atoms with E-state index >= 15 is 0 Å². The second-order valence-corrected chi connectivity index (χ2v) is 7.73. The van der Waals surface area contributed by atoms with E-state index in [1.807, 2.05) is 6.92 Å². The molecule has 1 saturated heterocycles. The minimum absolute atomic E-state index is 0.0172. The zero-order chi connectivity index (χ0) is 17.2. The van der Waals surface area contributed by atoms with Crippen LogP contribution in [0.25, 0.3) is 0 Å². The number of carbonyl (C=O) groups is 2. The Morgan fingerprint density at radius 1 is 1.30 bits per heavy atom. The molecule has 1 aromatic carbocycles. The highest BCUT2D eigenvalue weighted by Crippen LogP contribution is 2.24. The lowest BCUT2D eigenvalue weighted by atomic mass is 9.95. The summed E-state index contributed by atoms with van der Waals surface area (Å²) in [6.07, 6.45) is 2.12. The van der Waals surface area contributed by atoms with Gasteiger partial charge in [0.1, 0.15) is 0 Å². The molecule has 1 aliphatic heterocycles. The molecule has 7 nitrogen and oxygen atoms in total. The molecule has 1 heterocycles. The van der Waals surface area contributed by atoms with Gasteiger partial charge in [0.05, 0.1) is 16.6 Å². The van der Waals surface area contributed by atoms with Crippen LogP contribution in [0, 0.1) is 5.92 Å². The highest BCUT2D eigenvalue weighted by molar-refractivity contribution is 7.90. The van der Waals surface area contributed by atoms with E-state index in [2.05, 4.69) is 5.32 Å². The van der Waals surface area contributed by atoms with Crippen molar-refractivity contribution >= 4 is 27.4 Å². The molecule has 2 N–H and O–H groups in total. The Labute approximate surface area is 134 Å². The number of carboxylic acids is 1. The highest BCUT2D eigenvalue weighted by Gasteiger charge is 2.26. The zero-order valence-corrected chi connectivity index (χ0v) is 13.7. The number of benzene rings is 1. The van der Waals surface area contributed by atoms with Gasteiger partial charge in [-0.3, -0.25) is 4.79 Å². The molecule has 0 bridgehead atoms. The molecular weight excluding hydrogens is 322 g/mol. The molecule has 0 radical (unpaired) electrons. The smallest absolute Gasteiger partial charge is 0.335 e. The predicted molar refractivity (Wildman–Crippen MR) is 83.3 cm³/mol. The average molecular weight is 341 g/mol. The quantitative estimate of drug-likeness (QED) is 0.859. The van der Waals surface area contributed by atoms with E-state index in [1.54, 1.807) is 0 Å². The minimum Gasteiger partial charge on any atom is -0.478 e. The van der Waals surface area contributed by atoms with Crippen LogP contribution in [0.2, 0.25) is 0 Å². The lowest BCUT2D eigenvalue weighted by Crippen LogP contribution is -2.32. The van der Waals surface area contributed by atoms with Crippen LogP contribution in [0.5, 0.6) is 0 Å². The van der Waals surface area contributed by atoms with Crippen LogP contribution in [0.1, 0.15) is 30.1 Å². The van der Waals surface area contributed by atoms with E-state index in [0.29, 0.717) is 19.4 Å². The second kappa shape index (κ2) is 6.67. The molecule has 0 spiro atoms. The lowest BCUT2D eigenvalue weighted by molar-refractivity contribution is -0.124. The van der Waals surface area contributed by atoms with Gasteiger partial charge in [0, 0.05) is 24.5 Å². The summed E-state index contributed by atoms with van der Waals surface area (Å²) in [7, 11) is -3.59. The first-order valence-corrected chi connectivity index (χ1v) is 9.07. The third-order valence-electron chi connectivity index (χ3n) is 3.71. The average Bonchev–Trinajstić information content (AvgIpc) is 2.46. The Balaban J connectivity index is 2.26. The van der Waals surface area contributed by atoms with Crippen LogP contribution in [0.3, 0.4) is 0 Å². The van der Waals surface area contributed by atoms with Gasteiger partial charge in [-0.05, 0) is 38.0 Å². The molecule has 2 rings (SSSR count). The summed E-state index contributed by atoms with van der Waals surface area (Å²) in [5.41, 5.74) is -0.0296. The number of ether oxygens (including phenoxy) is 1. The summed E-state index contributed by atoms with van der Waals surface area (Å²) in [6, 6.07) is 3.59. The molecule has 126 valence electrons. The Morgan fingerprint density at radius 2 is 2.00 bits per heavy atom. The summed E-state index contributed by atoms with van der Waals surface area (Å²) in [5.74, 6) is -1.76. The summed E-state index contributed by atoms with van der Waals surface area (Å²) < 4.78 is 28.7. The molecule has 2 unspecified atom stereocenters. The molecule has 1 fully saturated rings. The predicted octanol–water partition coefficient (Wildman–Crippen LogP) is 1.54. The van der Waals surface area contributed by atoms with Gasteiger partial charge in [-0.1, -0.05) is 0 Å². The molecule has 8 heteroatoms. The number of nitrogens with one attached hydrogen (secondary N) is 1. The minimum atomic E-state index is -3.59. The molecular formula is C15H19NO6S. The molecule has 1 amide bonds. The Morgan fingerprint density at radius 3 is 2.57 bits per heavy atom. The van der Waals surface area contributed by atoms with Crippen LogP contribution in [0.15, 0.2) is 23.1 Å². The number of carbonyl (C=O) groups excluding carboxylic acids is 1. The van der Waals surface area contributed by atoms with E-state index in [0.717, 1.165) is 12.3 Å².